The Morgan fingerprint density at radius 3 is 2.25 bits per heavy atom. The van der Waals surface area contributed by atoms with Crippen molar-refractivity contribution in [1.82, 2.24) is 0 Å². The number of methoxy groups -OCH3 is 2. The smallest absolute Gasteiger partial charge is 0.323 e. The van der Waals surface area contributed by atoms with Crippen molar-refractivity contribution in [1.29, 1.82) is 0 Å². The fraction of sp³-hybridized carbons (Fsp3) is 0.625. The highest BCUT2D eigenvalue weighted by molar-refractivity contribution is 6.00. The summed E-state index contributed by atoms with van der Waals surface area (Å²) in [5.74, 6) is -0.490. The summed E-state index contributed by atoms with van der Waals surface area (Å²) < 4.78 is 9.76. The van der Waals surface area contributed by atoms with Crippen molar-refractivity contribution < 1.29 is 19.1 Å². The minimum atomic E-state index is -1.14. The Labute approximate surface area is 119 Å². The molecule has 2 aliphatic rings. The fourth-order valence-electron chi connectivity index (χ4n) is 3.64. The highest BCUT2D eigenvalue weighted by Gasteiger charge is 2.57. The van der Waals surface area contributed by atoms with Gasteiger partial charge >= 0.3 is 11.9 Å². The largest absolute Gasteiger partial charge is 0.468 e. The number of hydrogen-bond donors (Lipinski definition) is 0. The van der Waals surface area contributed by atoms with E-state index in [0.717, 1.165) is 6.42 Å². The van der Waals surface area contributed by atoms with Crippen molar-refractivity contribution in [2.24, 2.45) is 17.3 Å². The van der Waals surface area contributed by atoms with Gasteiger partial charge in [0.1, 0.15) is 0 Å². The fourth-order valence-corrected chi connectivity index (χ4v) is 3.64. The Morgan fingerprint density at radius 1 is 1.15 bits per heavy atom. The monoisotopic (exact) mass is 278 g/mol. The molecule has 1 fully saturated rings. The minimum absolute atomic E-state index is 0.215. The number of hydrogen-bond acceptors (Lipinski definition) is 4. The molecule has 1 saturated carbocycles. The molecule has 0 aromatic rings. The highest BCUT2D eigenvalue weighted by atomic mass is 16.5. The van der Waals surface area contributed by atoms with E-state index in [1.165, 1.54) is 25.4 Å². The van der Waals surface area contributed by atoms with Crippen molar-refractivity contribution in [3.05, 3.63) is 23.3 Å². The second kappa shape index (κ2) is 5.43. The van der Waals surface area contributed by atoms with Crippen LogP contribution >= 0.6 is 0 Å². The van der Waals surface area contributed by atoms with Crippen LogP contribution in [-0.4, -0.2) is 26.2 Å². The van der Waals surface area contributed by atoms with Crippen LogP contribution in [0, 0.1) is 17.3 Å². The highest BCUT2D eigenvalue weighted by Crippen LogP contribution is 2.53. The number of esters is 2. The molecule has 0 radical (unpaired) electrons. The van der Waals surface area contributed by atoms with Gasteiger partial charge in [-0.15, -0.1) is 0 Å². The predicted molar refractivity (Wildman–Crippen MR) is 74.8 cm³/mol. The van der Waals surface area contributed by atoms with Gasteiger partial charge in [-0.2, -0.15) is 0 Å². The van der Waals surface area contributed by atoms with Crippen molar-refractivity contribution in [2.45, 2.75) is 33.1 Å². The second-order valence-corrected chi connectivity index (χ2v) is 5.90. The number of fused-ring (bicyclic) bond motifs is 1. The van der Waals surface area contributed by atoms with Gasteiger partial charge in [-0.1, -0.05) is 23.3 Å². The van der Waals surface area contributed by atoms with E-state index in [1.54, 1.807) is 0 Å². The summed E-state index contributed by atoms with van der Waals surface area (Å²) in [6.07, 6.45) is 6.13. The lowest BCUT2D eigenvalue weighted by Crippen LogP contribution is -2.39. The molecule has 4 nitrogen and oxygen atoms in total. The Bertz CT molecular complexity index is 467. The molecule has 20 heavy (non-hydrogen) atoms. The maximum atomic E-state index is 12.2. The van der Waals surface area contributed by atoms with E-state index < -0.39 is 17.4 Å². The van der Waals surface area contributed by atoms with Gasteiger partial charge in [0.2, 0.25) is 0 Å². The molecule has 0 aliphatic heterocycles. The summed E-state index contributed by atoms with van der Waals surface area (Å²) in [6.45, 7) is 4.17. The molecule has 0 aromatic heterocycles. The van der Waals surface area contributed by atoms with Gasteiger partial charge in [-0.3, -0.25) is 9.59 Å². The van der Waals surface area contributed by atoms with Crippen LogP contribution in [0.4, 0.5) is 0 Å². The summed E-state index contributed by atoms with van der Waals surface area (Å²) in [7, 11) is 2.65. The van der Waals surface area contributed by atoms with E-state index in [-0.39, 0.29) is 11.8 Å². The van der Waals surface area contributed by atoms with Gasteiger partial charge in [0, 0.05) is 0 Å². The molecule has 0 amide bonds. The molecular weight excluding hydrogens is 256 g/mol. The van der Waals surface area contributed by atoms with E-state index in [4.69, 9.17) is 9.47 Å². The van der Waals surface area contributed by atoms with Crippen LogP contribution in [0.1, 0.15) is 33.1 Å². The van der Waals surface area contributed by atoms with Crippen LogP contribution in [0.3, 0.4) is 0 Å². The lowest BCUT2D eigenvalue weighted by Gasteiger charge is -2.25. The van der Waals surface area contributed by atoms with Gasteiger partial charge in [-0.25, -0.2) is 0 Å². The van der Waals surface area contributed by atoms with Crippen LogP contribution in [-0.2, 0) is 19.1 Å². The molecule has 0 saturated heterocycles. The molecular formula is C16H22O4. The molecule has 0 heterocycles. The molecule has 0 spiro atoms. The third-order valence-electron chi connectivity index (χ3n) is 4.63. The van der Waals surface area contributed by atoms with Gasteiger partial charge in [0.15, 0.2) is 5.41 Å². The van der Waals surface area contributed by atoms with Gasteiger partial charge < -0.3 is 9.47 Å². The molecule has 110 valence electrons. The normalized spacial score (nSPS) is 26.9. The maximum absolute atomic E-state index is 12.2. The first-order valence-electron chi connectivity index (χ1n) is 6.96. The predicted octanol–water partition coefficient (Wildman–Crippen LogP) is 2.64. The quantitative estimate of drug-likeness (QED) is 0.442. The molecule has 0 N–H and O–H groups in total. The molecule has 0 aromatic carbocycles. The second-order valence-electron chi connectivity index (χ2n) is 5.90. The van der Waals surface area contributed by atoms with E-state index in [1.807, 2.05) is 0 Å². The van der Waals surface area contributed by atoms with Crippen LogP contribution in [0.25, 0.3) is 0 Å². The summed E-state index contributed by atoms with van der Waals surface area (Å²) in [6, 6.07) is 0. The van der Waals surface area contributed by atoms with Crippen molar-refractivity contribution in [3.8, 4) is 0 Å². The number of rotatable bonds is 2. The molecule has 2 aliphatic carbocycles. The van der Waals surface area contributed by atoms with E-state index in [2.05, 4.69) is 26.0 Å². The molecule has 0 bridgehead atoms. The summed E-state index contributed by atoms with van der Waals surface area (Å²) in [5.41, 5.74) is 1.47. The minimum Gasteiger partial charge on any atom is -0.468 e. The van der Waals surface area contributed by atoms with Crippen LogP contribution in [0.5, 0.6) is 0 Å². The Hall–Kier alpha value is -1.58. The number of allylic oxidation sites excluding steroid dienone is 4. The van der Waals surface area contributed by atoms with Gasteiger partial charge in [0.05, 0.1) is 14.2 Å². The lowest BCUT2D eigenvalue weighted by molar-refractivity contribution is -0.168. The first-order valence-corrected chi connectivity index (χ1v) is 6.96. The molecule has 4 heteroatoms. The summed E-state index contributed by atoms with van der Waals surface area (Å²) >= 11 is 0. The van der Waals surface area contributed by atoms with Gasteiger partial charge in [-0.05, 0) is 44.9 Å². The molecule has 2 atom stereocenters. The number of carbonyl (C=O) groups excluding carboxylic acids is 2. The number of ether oxygens (including phenoxy) is 2. The van der Waals surface area contributed by atoms with E-state index in [9.17, 15) is 9.59 Å². The standard InChI is InChI=1S/C16H22O4/c1-10(2)12-7-5-6-11-8-16(9-13(11)12,14(17)19-3)15(18)20-4/h5-6,11,13H,7-9H2,1-4H3/t11-,13-/m1/s1. The first-order chi connectivity index (χ1) is 9.46. The average Bonchev–Trinajstić information content (AvgIpc) is 2.85. The van der Waals surface area contributed by atoms with Crippen molar-refractivity contribution in [3.63, 3.8) is 0 Å². The zero-order valence-corrected chi connectivity index (χ0v) is 12.6. The van der Waals surface area contributed by atoms with E-state index >= 15 is 0 Å². The van der Waals surface area contributed by atoms with Crippen LogP contribution in [0.15, 0.2) is 23.3 Å². The van der Waals surface area contributed by atoms with Crippen molar-refractivity contribution >= 4 is 11.9 Å². The zero-order chi connectivity index (χ0) is 14.9. The molecule has 2 rings (SSSR count). The van der Waals surface area contributed by atoms with Crippen LogP contribution < -0.4 is 0 Å². The van der Waals surface area contributed by atoms with Crippen molar-refractivity contribution in [2.75, 3.05) is 14.2 Å². The van der Waals surface area contributed by atoms with Crippen LogP contribution in [0.2, 0.25) is 0 Å². The summed E-state index contributed by atoms with van der Waals surface area (Å²) in [4.78, 5) is 24.4. The first kappa shape index (κ1) is 14.8. The Balaban J connectivity index is 2.41. The Kier molecular flexibility index (Phi) is 4.02. The third kappa shape index (κ3) is 2.17. The maximum Gasteiger partial charge on any atom is 0.323 e. The molecule has 0 unspecified atom stereocenters. The average molecular weight is 278 g/mol. The SMILES string of the molecule is COC(=O)C1(C(=O)OC)C[C@H]2C=CCC(=C(C)C)[C@@H]2C1. The lowest BCUT2D eigenvalue weighted by atomic mass is 9.80. The zero-order valence-electron chi connectivity index (χ0n) is 12.6. The summed E-state index contributed by atoms with van der Waals surface area (Å²) in [5, 5.41) is 0. The van der Waals surface area contributed by atoms with Gasteiger partial charge in [0.25, 0.3) is 0 Å². The third-order valence-corrected chi connectivity index (χ3v) is 4.63. The number of carbonyl (C=O) groups is 2. The Morgan fingerprint density at radius 2 is 1.75 bits per heavy atom. The van der Waals surface area contributed by atoms with E-state index in [0.29, 0.717) is 12.8 Å². The topological polar surface area (TPSA) is 52.6 Å².